The van der Waals surface area contributed by atoms with E-state index in [1.807, 2.05) is 6.92 Å². The van der Waals surface area contributed by atoms with Crippen LogP contribution in [0.5, 0.6) is 0 Å². The molecule has 5 nitrogen and oxygen atoms in total. The number of hydrogen-bond acceptors (Lipinski definition) is 4. The maximum absolute atomic E-state index is 5.17. The SMILES string of the molecule is COCCn1c(C)nnc1CC1CC2CCC(C1)N2. The molecule has 0 saturated carbocycles. The van der Waals surface area contributed by atoms with Crippen molar-refractivity contribution in [2.24, 2.45) is 5.92 Å². The van der Waals surface area contributed by atoms with Crippen LogP contribution in [-0.2, 0) is 17.7 Å². The number of rotatable bonds is 5. The van der Waals surface area contributed by atoms with Gasteiger partial charge >= 0.3 is 0 Å². The molecule has 2 saturated heterocycles. The smallest absolute Gasteiger partial charge is 0.133 e. The van der Waals surface area contributed by atoms with Crippen molar-refractivity contribution in [1.29, 1.82) is 0 Å². The van der Waals surface area contributed by atoms with Crippen LogP contribution < -0.4 is 5.32 Å². The lowest BCUT2D eigenvalue weighted by molar-refractivity contribution is 0.184. The van der Waals surface area contributed by atoms with Crippen molar-refractivity contribution in [2.45, 2.75) is 57.7 Å². The lowest BCUT2D eigenvalue weighted by atomic mass is 9.89. The zero-order chi connectivity index (χ0) is 13.2. The molecule has 5 heteroatoms. The molecule has 2 aliphatic rings. The summed E-state index contributed by atoms with van der Waals surface area (Å²) in [5.41, 5.74) is 0. The van der Waals surface area contributed by atoms with E-state index in [9.17, 15) is 0 Å². The Labute approximate surface area is 114 Å². The van der Waals surface area contributed by atoms with Crippen LogP contribution in [0.1, 0.15) is 37.3 Å². The fourth-order valence-corrected chi connectivity index (χ4v) is 3.65. The van der Waals surface area contributed by atoms with Crippen molar-refractivity contribution in [2.75, 3.05) is 13.7 Å². The Kier molecular flexibility index (Phi) is 3.84. The summed E-state index contributed by atoms with van der Waals surface area (Å²) in [7, 11) is 1.74. The average Bonchev–Trinajstić information content (AvgIpc) is 2.91. The normalized spacial score (nSPS) is 29.9. The highest BCUT2D eigenvalue weighted by Crippen LogP contribution is 2.32. The first-order chi connectivity index (χ1) is 9.26. The summed E-state index contributed by atoms with van der Waals surface area (Å²) in [6, 6.07) is 1.50. The van der Waals surface area contributed by atoms with Crippen LogP contribution in [0.15, 0.2) is 0 Å². The molecular formula is C14H24N4O. The van der Waals surface area contributed by atoms with Gasteiger partial charge in [-0.15, -0.1) is 10.2 Å². The van der Waals surface area contributed by atoms with Crippen LogP contribution in [0.4, 0.5) is 0 Å². The van der Waals surface area contributed by atoms with Gasteiger partial charge in [0.15, 0.2) is 0 Å². The highest BCUT2D eigenvalue weighted by atomic mass is 16.5. The zero-order valence-electron chi connectivity index (χ0n) is 11.9. The number of piperidine rings is 1. The molecule has 2 atom stereocenters. The molecule has 0 spiro atoms. The van der Waals surface area contributed by atoms with Gasteiger partial charge in [-0.1, -0.05) is 0 Å². The van der Waals surface area contributed by atoms with E-state index in [1.165, 1.54) is 25.7 Å². The second-order valence-electron chi connectivity index (χ2n) is 5.99. The Bertz CT molecular complexity index is 419. The minimum Gasteiger partial charge on any atom is -0.383 e. The number of methoxy groups -OCH3 is 1. The van der Waals surface area contributed by atoms with Crippen molar-refractivity contribution in [3.8, 4) is 0 Å². The molecular weight excluding hydrogens is 240 g/mol. The quantitative estimate of drug-likeness (QED) is 0.871. The van der Waals surface area contributed by atoms with Gasteiger partial charge in [-0.2, -0.15) is 0 Å². The summed E-state index contributed by atoms with van der Waals surface area (Å²) < 4.78 is 7.39. The molecule has 0 amide bonds. The molecule has 3 heterocycles. The summed E-state index contributed by atoms with van der Waals surface area (Å²) in [6.07, 6.45) is 6.38. The Morgan fingerprint density at radius 3 is 2.68 bits per heavy atom. The standard InChI is InChI=1S/C14H24N4O/c1-10-16-17-14(18(10)5-6-19-2)9-11-7-12-3-4-13(8-11)15-12/h11-13,15H,3-9H2,1-2H3. The molecule has 19 heavy (non-hydrogen) atoms. The highest BCUT2D eigenvalue weighted by Gasteiger charge is 2.34. The van der Waals surface area contributed by atoms with Crippen molar-refractivity contribution >= 4 is 0 Å². The van der Waals surface area contributed by atoms with Crippen LogP contribution in [-0.4, -0.2) is 40.6 Å². The fraction of sp³-hybridized carbons (Fsp3) is 0.857. The first-order valence-corrected chi connectivity index (χ1v) is 7.40. The van der Waals surface area contributed by atoms with Crippen LogP contribution in [0.3, 0.4) is 0 Å². The van der Waals surface area contributed by atoms with Crippen LogP contribution >= 0.6 is 0 Å². The zero-order valence-corrected chi connectivity index (χ0v) is 11.9. The van der Waals surface area contributed by atoms with E-state index in [1.54, 1.807) is 7.11 Å². The molecule has 2 bridgehead atoms. The second-order valence-corrected chi connectivity index (χ2v) is 5.99. The Hall–Kier alpha value is -0.940. The largest absolute Gasteiger partial charge is 0.383 e. The third-order valence-electron chi connectivity index (χ3n) is 4.57. The monoisotopic (exact) mass is 264 g/mol. The Morgan fingerprint density at radius 1 is 1.26 bits per heavy atom. The molecule has 2 unspecified atom stereocenters. The summed E-state index contributed by atoms with van der Waals surface area (Å²) in [5, 5.41) is 12.3. The topological polar surface area (TPSA) is 52.0 Å². The molecule has 2 aliphatic heterocycles. The van der Waals surface area contributed by atoms with E-state index in [4.69, 9.17) is 4.74 Å². The van der Waals surface area contributed by atoms with Crippen LogP contribution in [0.25, 0.3) is 0 Å². The van der Waals surface area contributed by atoms with Crippen molar-refractivity contribution in [3.63, 3.8) is 0 Å². The van der Waals surface area contributed by atoms with Gasteiger partial charge in [0.05, 0.1) is 6.61 Å². The average molecular weight is 264 g/mol. The third-order valence-corrected chi connectivity index (χ3v) is 4.57. The van der Waals surface area contributed by atoms with E-state index in [2.05, 4.69) is 20.1 Å². The number of nitrogens with one attached hydrogen (secondary N) is 1. The number of aryl methyl sites for hydroxylation is 1. The molecule has 0 aromatic carbocycles. The van der Waals surface area contributed by atoms with E-state index >= 15 is 0 Å². The predicted octanol–water partition coefficient (Wildman–Crippen LogP) is 1.31. The molecule has 1 N–H and O–H groups in total. The molecule has 0 aliphatic carbocycles. The van der Waals surface area contributed by atoms with Gasteiger partial charge < -0.3 is 14.6 Å². The lowest BCUT2D eigenvalue weighted by Gasteiger charge is -2.28. The maximum Gasteiger partial charge on any atom is 0.133 e. The van der Waals surface area contributed by atoms with Gasteiger partial charge in [0.1, 0.15) is 11.6 Å². The van der Waals surface area contributed by atoms with Gasteiger partial charge in [0.2, 0.25) is 0 Å². The first kappa shape index (κ1) is 13.1. The van der Waals surface area contributed by atoms with Crippen molar-refractivity contribution in [3.05, 3.63) is 11.6 Å². The van der Waals surface area contributed by atoms with E-state index in [0.717, 1.165) is 49.2 Å². The van der Waals surface area contributed by atoms with Gasteiger partial charge in [0, 0.05) is 32.2 Å². The fourth-order valence-electron chi connectivity index (χ4n) is 3.65. The maximum atomic E-state index is 5.17. The third kappa shape index (κ3) is 2.82. The Balaban J connectivity index is 1.66. The number of aromatic nitrogens is 3. The van der Waals surface area contributed by atoms with E-state index < -0.39 is 0 Å². The van der Waals surface area contributed by atoms with Gasteiger partial charge in [-0.05, 0) is 38.5 Å². The van der Waals surface area contributed by atoms with Crippen LogP contribution in [0.2, 0.25) is 0 Å². The summed E-state index contributed by atoms with van der Waals surface area (Å²) >= 11 is 0. The van der Waals surface area contributed by atoms with Gasteiger partial charge in [-0.25, -0.2) is 0 Å². The first-order valence-electron chi connectivity index (χ1n) is 7.40. The van der Waals surface area contributed by atoms with E-state index in [0.29, 0.717) is 0 Å². The molecule has 0 radical (unpaired) electrons. The molecule has 106 valence electrons. The predicted molar refractivity (Wildman–Crippen MR) is 73.0 cm³/mol. The molecule has 3 rings (SSSR count). The second kappa shape index (κ2) is 5.59. The number of ether oxygens (including phenoxy) is 1. The number of nitrogens with zero attached hydrogens (tertiary/aromatic N) is 3. The molecule has 1 aromatic heterocycles. The number of fused-ring (bicyclic) bond motifs is 2. The molecule has 2 fully saturated rings. The van der Waals surface area contributed by atoms with Crippen LogP contribution in [0, 0.1) is 12.8 Å². The van der Waals surface area contributed by atoms with Crippen molar-refractivity contribution in [1.82, 2.24) is 20.1 Å². The minimum atomic E-state index is 0.726. The lowest BCUT2D eigenvalue weighted by Crippen LogP contribution is -2.38. The Morgan fingerprint density at radius 2 is 2.00 bits per heavy atom. The van der Waals surface area contributed by atoms with Crippen molar-refractivity contribution < 1.29 is 4.74 Å². The minimum absolute atomic E-state index is 0.726. The van der Waals surface area contributed by atoms with Gasteiger partial charge in [0.25, 0.3) is 0 Å². The molecule has 1 aromatic rings. The number of hydrogen-bond donors (Lipinski definition) is 1. The summed E-state index contributed by atoms with van der Waals surface area (Å²) in [6.45, 7) is 3.62. The highest BCUT2D eigenvalue weighted by molar-refractivity contribution is 4.99. The summed E-state index contributed by atoms with van der Waals surface area (Å²) in [5.74, 6) is 2.91. The summed E-state index contributed by atoms with van der Waals surface area (Å²) in [4.78, 5) is 0. The van der Waals surface area contributed by atoms with E-state index in [-0.39, 0.29) is 0 Å². The van der Waals surface area contributed by atoms with Gasteiger partial charge in [-0.3, -0.25) is 0 Å².